The van der Waals surface area contributed by atoms with Crippen LogP contribution in [0.5, 0.6) is 0 Å². The van der Waals surface area contributed by atoms with Crippen molar-refractivity contribution in [1.82, 2.24) is 0 Å². The highest BCUT2D eigenvalue weighted by Gasteiger charge is 2.36. The number of hydrogen-bond acceptors (Lipinski definition) is 1. The third kappa shape index (κ3) is 4.79. The topological polar surface area (TPSA) is 3.24 Å². The van der Waals surface area contributed by atoms with E-state index in [4.69, 9.17) is 0 Å². The van der Waals surface area contributed by atoms with Crippen LogP contribution in [-0.2, 0) is 5.41 Å². The summed E-state index contributed by atoms with van der Waals surface area (Å²) in [5, 5.41) is 0. The SMILES string of the molecule is C/C=C\C(=C/C)c1ccc(-c2ccc(N(/C(C)=C/C)c3ccc4c(c3)C(C)(C)c3cc(C)ccc3-4)cc2)cc1. The van der Waals surface area contributed by atoms with E-state index in [0.717, 1.165) is 0 Å². The first-order chi connectivity index (χ1) is 18.8. The molecule has 0 unspecified atom stereocenters. The summed E-state index contributed by atoms with van der Waals surface area (Å²) in [5.41, 5.74) is 15.3. The Balaban J connectivity index is 1.49. The van der Waals surface area contributed by atoms with Crippen molar-refractivity contribution >= 4 is 16.9 Å². The minimum absolute atomic E-state index is 0.0298. The molecule has 0 aliphatic heterocycles. The molecule has 0 spiro atoms. The van der Waals surface area contributed by atoms with Crippen molar-refractivity contribution in [3.63, 3.8) is 0 Å². The molecule has 0 amide bonds. The van der Waals surface area contributed by atoms with E-state index in [1.165, 1.54) is 67.2 Å². The summed E-state index contributed by atoms with van der Waals surface area (Å²) in [6.07, 6.45) is 8.58. The van der Waals surface area contributed by atoms with Crippen molar-refractivity contribution in [2.45, 2.75) is 53.9 Å². The van der Waals surface area contributed by atoms with E-state index in [1.54, 1.807) is 0 Å². The van der Waals surface area contributed by atoms with E-state index in [1.807, 2.05) is 0 Å². The zero-order chi connectivity index (χ0) is 27.7. The van der Waals surface area contributed by atoms with E-state index in [-0.39, 0.29) is 5.41 Å². The second-order valence-electron chi connectivity index (χ2n) is 11.0. The van der Waals surface area contributed by atoms with E-state index in [2.05, 4.69) is 163 Å². The molecule has 0 saturated heterocycles. The Morgan fingerprint density at radius 1 is 0.667 bits per heavy atom. The van der Waals surface area contributed by atoms with Crippen LogP contribution in [0.1, 0.15) is 63.8 Å². The average Bonchev–Trinajstić information content (AvgIpc) is 3.17. The van der Waals surface area contributed by atoms with Crippen LogP contribution >= 0.6 is 0 Å². The number of benzene rings is 4. The number of allylic oxidation sites excluding steroid dienone is 6. The number of rotatable bonds is 6. The van der Waals surface area contributed by atoms with Gasteiger partial charge >= 0.3 is 0 Å². The van der Waals surface area contributed by atoms with Crippen molar-refractivity contribution in [2.24, 2.45) is 0 Å². The Morgan fingerprint density at radius 3 is 1.82 bits per heavy atom. The van der Waals surface area contributed by atoms with Crippen LogP contribution < -0.4 is 4.90 Å². The Hall–Kier alpha value is -4.10. The lowest BCUT2D eigenvalue weighted by Gasteiger charge is -2.28. The van der Waals surface area contributed by atoms with Gasteiger partial charge in [0, 0.05) is 22.5 Å². The Bertz CT molecular complexity index is 1590. The molecule has 1 nitrogen and oxygen atoms in total. The lowest BCUT2D eigenvalue weighted by atomic mass is 9.82. The van der Waals surface area contributed by atoms with Crippen LogP contribution in [-0.4, -0.2) is 0 Å². The zero-order valence-electron chi connectivity index (χ0n) is 24.3. The third-order valence-corrected chi connectivity index (χ3v) is 8.18. The van der Waals surface area contributed by atoms with Gasteiger partial charge < -0.3 is 4.90 Å². The molecule has 39 heavy (non-hydrogen) atoms. The highest BCUT2D eigenvalue weighted by molar-refractivity contribution is 5.84. The molecule has 4 aromatic rings. The summed E-state index contributed by atoms with van der Waals surface area (Å²) in [6.45, 7) is 15.3. The first kappa shape index (κ1) is 26.5. The van der Waals surface area contributed by atoms with Crippen LogP contribution in [0.25, 0.3) is 27.8 Å². The quantitative estimate of drug-likeness (QED) is 0.234. The van der Waals surface area contributed by atoms with Crippen LogP contribution in [0.3, 0.4) is 0 Å². The molecule has 0 saturated carbocycles. The Morgan fingerprint density at radius 2 is 1.23 bits per heavy atom. The molecule has 1 heteroatoms. The fraction of sp³-hybridized carbons (Fsp3) is 0.211. The minimum Gasteiger partial charge on any atom is -0.315 e. The van der Waals surface area contributed by atoms with Crippen molar-refractivity contribution in [3.05, 3.63) is 137 Å². The number of fused-ring (bicyclic) bond motifs is 3. The van der Waals surface area contributed by atoms with E-state index in [9.17, 15) is 0 Å². The third-order valence-electron chi connectivity index (χ3n) is 8.18. The molecule has 196 valence electrons. The van der Waals surface area contributed by atoms with Crippen molar-refractivity contribution < 1.29 is 0 Å². The molecule has 5 rings (SSSR count). The van der Waals surface area contributed by atoms with Gasteiger partial charge in [0.05, 0.1) is 0 Å². The molecular formula is C38H39N. The summed E-state index contributed by atoms with van der Waals surface area (Å²) in [6, 6.07) is 31.7. The van der Waals surface area contributed by atoms with Gasteiger partial charge in [0.25, 0.3) is 0 Å². The number of nitrogens with zero attached hydrogens (tertiary/aromatic N) is 1. The lowest BCUT2D eigenvalue weighted by Crippen LogP contribution is -2.18. The standard InChI is InChI=1S/C38H39N/c1-8-11-28(10-3)29-13-15-30(16-14-29)31-17-19-32(20-18-31)39(27(5)9-2)33-21-23-35-34-22-12-26(4)24-36(34)38(6,7)37(35)25-33/h8-25H,1-7H3/b11-8-,27-9+,28-10+. The number of hydrogen-bond donors (Lipinski definition) is 0. The predicted molar refractivity (Wildman–Crippen MR) is 171 cm³/mol. The number of anilines is 2. The highest BCUT2D eigenvalue weighted by atomic mass is 15.1. The van der Waals surface area contributed by atoms with Gasteiger partial charge in [-0.2, -0.15) is 0 Å². The van der Waals surface area contributed by atoms with Gasteiger partial charge in [0.15, 0.2) is 0 Å². The van der Waals surface area contributed by atoms with Crippen LogP contribution in [0.2, 0.25) is 0 Å². The summed E-state index contributed by atoms with van der Waals surface area (Å²) in [4.78, 5) is 2.37. The maximum absolute atomic E-state index is 2.40. The lowest BCUT2D eigenvalue weighted by molar-refractivity contribution is 0.659. The minimum atomic E-state index is -0.0298. The molecule has 0 N–H and O–H groups in total. The molecule has 1 aliphatic rings. The molecule has 0 aromatic heterocycles. The van der Waals surface area contributed by atoms with Gasteiger partial charge in [0.2, 0.25) is 0 Å². The molecule has 0 fully saturated rings. The summed E-state index contributed by atoms with van der Waals surface area (Å²) in [5.74, 6) is 0. The maximum Gasteiger partial charge on any atom is 0.0461 e. The van der Waals surface area contributed by atoms with E-state index in [0.29, 0.717) is 0 Å². The largest absolute Gasteiger partial charge is 0.315 e. The molecule has 1 aliphatic carbocycles. The van der Waals surface area contributed by atoms with Crippen molar-refractivity contribution in [1.29, 1.82) is 0 Å². The maximum atomic E-state index is 2.40. The zero-order valence-corrected chi connectivity index (χ0v) is 24.3. The van der Waals surface area contributed by atoms with Gasteiger partial charge in [-0.3, -0.25) is 0 Å². The van der Waals surface area contributed by atoms with E-state index < -0.39 is 0 Å². The van der Waals surface area contributed by atoms with Crippen molar-refractivity contribution in [3.8, 4) is 22.3 Å². The normalized spacial score (nSPS) is 14.4. The molecule has 4 aromatic carbocycles. The monoisotopic (exact) mass is 509 g/mol. The molecule has 0 heterocycles. The van der Waals surface area contributed by atoms with Crippen LogP contribution in [0, 0.1) is 6.92 Å². The van der Waals surface area contributed by atoms with Gasteiger partial charge in [-0.1, -0.05) is 104 Å². The molecule has 0 bridgehead atoms. The number of aryl methyl sites for hydroxylation is 1. The van der Waals surface area contributed by atoms with Crippen LogP contribution in [0.4, 0.5) is 11.4 Å². The van der Waals surface area contributed by atoms with Crippen molar-refractivity contribution in [2.75, 3.05) is 4.90 Å². The molecule has 0 atom stereocenters. The van der Waals surface area contributed by atoms with Gasteiger partial charge in [0.1, 0.15) is 0 Å². The molecular weight excluding hydrogens is 470 g/mol. The fourth-order valence-electron chi connectivity index (χ4n) is 5.86. The summed E-state index contributed by atoms with van der Waals surface area (Å²) < 4.78 is 0. The second-order valence-corrected chi connectivity index (χ2v) is 11.0. The molecule has 0 radical (unpaired) electrons. The summed E-state index contributed by atoms with van der Waals surface area (Å²) in [7, 11) is 0. The highest BCUT2D eigenvalue weighted by Crippen LogP contribution is 2.50. The van der Waals surface area contributed by atoms with E-state index >= 15 is 0 Å². The Labute approximate surface area is 234 Å². The average molecular weight is 510 g/mol. The van der Waals surface area contributed by atoms with Gasteiger partial charge in [-0.15, -0.1) is 0 Å². The van der Waals surface area contributed by atoms with Gasteiger partial charge in [-0.25, -0.2) is 0 Å². The Kier molecular flexibility index (Phi) is 7.19. The first-order valence-corrected chi connectivity index (χ1v) is 14.0. The summed E-state index contributed by atoms with van der Waals surface area (Å²) >= 11 is 0. The fourth-order valence-corrected chi connectivity index (χ4v) is 5.86. The van der Waals surface area contributed by atoms with Crippen LogP contribution in [0.15, 0.2) is 115 Å². The predicted octanol–water partition coefficient (Wildman–Crippen LogP) is 11.0. The smallest absolute Gasteiger partial charge is 0.0461 e. The van der Waals surface area contributed by atoms with Gasteiger partial charge in [-0.05, 0) is 103 Å². The second kappa shape index (κ2) is 10.6. The first-order valence-electron chi connectivity index (χ1n) is 14.0.